The van der Waals surface area contributed by atoms with E-state index < -0.39 is 11.9 Å². The summed E-state index contributed by atoms with van der Waals surface area (Å²) in [5.74, 6) is -0.410. The maximum Gasteiger partial charge on any atom is 0.272 e. The third-order valence-corrected chi connectivity index (χ3v) is 2.76. The Balaban J connectivity index is 2.10. The minimum absolute atomic E-state index is 0.152. The van der Waals surface area contributed by atoms with Crippen molar-refractivity contribution in [3.05, 3.63) is 58.9 Å². The summed E-state index contributed by atoms with van der Waals surface area (Å²) < 4.78 is 0. The van der Waals surface area contributed by atoms with E-state index in [1.807, 2.05) is 30.3 Å². The smallest absolute Gasteiger partial charge is 0.272 e. The summed E-state index contributed by atoms with van der Waals surface area (Å²) in [4.78, 5) is 11.9. The van der Waals surface area contributed by atoms with Crippen LogP contribution >= 0.6 is 11.6 Å². The lowest BCUT2D eigenvalue weighted by atomic mass is 10.1. The fourth-order valence-electron chi connectivity index (χ4n) is 1.59. The van der Waals surface area contributed by atoms with Gasteiger partial charge in [-0.2, -0.15) is 0 Å². The average Bonchev–Trinajstić information content (AvgIpc) is 2.46. The predicted molar refractivity (Wildman–Crippen MR) is 70.8 cm³/mol. The molecule has 1 aromatic heterocycles. The van der Waals surface area contributed by atoms with E-state index in [9.17, 15) is 9.90 Å². The van der Waals surface area contributed by atoms with Gasteiger partial charge in [-0.3, -0.25) is 4.79 Å². The van der Waals surface area contributed by atoms with Gasteiger partial charge in [-0.1, -0.05) is 41.9 Å². The monoisotopic (exact) mass is 277 g/mol. The fraction of sp³-hybridized carbons (Fsp3) is 0.154. The fourth-order valence-corrected chi connectivity index (χ4v) is 1.69. The Morgan fingerprint density at radius 2 is 1.95 bits per heavy atom. The van der Waals surface area contributed by atoms with E-state index in [1.54, 1.807) is 0 Å². The molecule has 0 aliphatic carbocycles. The lowest BCUT2D eigenvalue weighted by Gasteiger charge is -2.16. The van der Waals surface area contributed by atoms with Crippen LogP contribution in [0.25, 0.3) is 0 Å². The van der Waals surface area contributed by atoms with Crippen molar-refractivity contribution in [2.45, 2.75) is 6.04 Å². The quantitative estimate of drug-likeness (QED) is 0.890. The Kier molecular flexibility index (Phi) is 4.43. The highest BCUT2D eigenvalue weighted by Crippen LogP contribution is 2.12. The van der Waals surface area contributed by atoms with Crippen LogP contribution in [0.3, 0.4) is 0 Å². The second kappa shape index (κ2) is 6.26. The van der Waals surface area contributed by atoms with Crippen LogP contribution < -0.4 is 5.32 Å². The summed E-state index contributed by atoms with van der Waals surface area (Å²) in [5, 5.41) is 19.5. The molecule has 1 atom stereocenters. The topological polar surface area (TPSA) is 75.1 Å². The number of carbonyl (C=O) groups excluding carboxylic acids is 1. The van der Waals surface area contributed by atoms with Gasteiger partial charge in [-0.25, -0.2) is 0 Å². The van der Waals surface area contributed by atoms with Crippen molar-refractivity contribution in [3.63, 3.8) is 0 Å². The Morgan fingerprint density at radius 3 is 2.53 bits per heavy atom. The van der Waals surface area contributed by atoms with Crippen LogP contribution in [0.5, 0.6) is 0 Å². The number of halogens is 1. The molecule has 0 spiro atoms. The van der Waals surface area contributed by atoms with Crippen molar-refractivity contribution in [2.75, 3.05) is 6.61 Å². The summed E-state index contributed by atoms with van der Waals surface area (Å²) in [6.07, 6.45) is 0. The number of hydrogen-bond acceptors (Lipinski definition) is 4. The SMILES string of the molecule is O=C(NC(CO)c1ccccc1)c1ccc(Cl)nn1. The minimum atomic E-state index is -0.480. The van der Waals surface area contributed by atoms with Gasteiger partial charge < -0.3 is 10.4 Å². The third kappa shape index (κ3) is 3.49. The lowest BCUT2D eigenvalue weighted by molar-refractivity contribution is 0.0910. The summed E-state index contributed by atoms with van der Waals surface area (Å²) in [6, 6.07) is 11.7. The van der Waals surface area contributed by atoms with Gasteiger partial charge in [0.25, 0.3) is 5.91 Å². The van der Waals surface area contributed by atoms with Gasteiger partial charge in [-0.05, 0) is 17.7 Å². The van der Waals surface area contributed by atoms with Crippen molar-refractivity contribution in [1.82, 2.24) is 15.5 Å². The van der Waals surface area contributed by atoms with Gasteiger partial charge in [0.1, 0.15) is 0 Å². The van der Waals surface area contributed by atoms with E-state index in [4.69, 9.17) is 11.6 Å². The number of hydrogen-bond donors (Lipinski definition) is 2. The van der Waals surface area contributed by atoms with Crippen LogP contribution in [0.1, 0.15) is 22.1 Å². The molecule has 6 heteroatoms. The van der Waals surface area contributed by atoms with E-state index in [0.29, 0.717) is 0 Å². The van der Waals surface area contributed by atoms with E-state index in [1.165, 1.54) is 12.1 Å². The third-order valence-electron chi connectivity index (χ3n) is 2.55. The summed E-state index contributed by atoms with van der Waals surface area (Å²) in [6.45, 7) is -0.198. The van der Waals surface area contributed by atoms with Crippen molar-refractivity contribution in [3.8, 4) is 0 Å². The highest BCUT2D eigenvalue weighted by molar-refractivity contribution is 6.29. The summed E-state index contributed by atoms with van der Waals surface area (Å²) >= 11 is 5.60. The first kappa shape index (κ1) is 13.5. The molecule has 0 aliphatic rings. The van der Waals surface area contributed by atoms with Gasteiger partial charge >= 0.3 is 0 Å². The van der Waals surface area contributed by atoms with Crippen LogP contribution in [0.4, 0.5) is 0 Å². The zero-order valence-corrected chi connectivity index (χ0v) is 10.7. The molecule has 98 valence electrons. The number of amides is 1. The maximum atomic E-state index is 11.9. The molecule has 0 bridgehead atoms. The van der Waals surface area contributed by atoms with Crippen LogP contribution in [-0.4, -0.2) is 27.8 Å². The molecule has 0 saturated carbocycles. The largest absolute Gasteiger partial charge is 0.394 e. The van der Waals surface area contributed by atoms with E-state index >= 15 is 0 Å². The highest BCUT2D eigenvalue weighted by atomic mass is 35.5. The lowest BCUT2D eigenvalue weighted by Crippen LogP contribution is -2.31. The number of nitrogens with one attached hydrogen (secondary N) is 1. The molecule has 1 heterocycles. The molecular formula is C13H12ClN3O2. The molecule has 0 saturated heterocycles. The number of aliphatic hydroxyl groups excluding tert-OH is 1. The second-order valence-corrected chi connectivity index (χ2v) is 4.25. The molecule has 19 heavy (non-hydrogen) atoms. The molecular weight excluding hydrogens is 266 g/mol. The average molecular weight is 278 g/mol. The molecule has 0 aliphatic heterocycles. The number of carbonyl (C=O) groups is 1. The zero-order valence-electron chi connectivity index (χ0n) is 9.95. The Bertz CT molecular complexity index is 546. The Labute approximate surface area is 115 Å². The Hall–Kier alpha value is -1.98. The first-order chi connectivity index (χ1) is 9.20. The van der Waals surface area contributed by atoms with E-state index in [2.05, 4.69) is 15.5 Å². The van der Waals surface area contributed by atoms with Crippen LogP contribution in [-0.2, 0) is 0 Å². The molecule has 5 nitrogen and oxygen atoms in total. The molecule has 1 unspecified atom stereocenters. The normalized spacial score (nSPS) is 11.9. The van der Waals surface area contributed by atoms with Gasteiger partial charge in [0, 0.05) is 0 Å². The molecule has 2 N–H and O–H groups in total. The first-order valence-corrected chi connectivity index (χ1v) is 6.04. The molecule has 1 amide bonds. The Morgan fingerprint density at radius 1 is 1.21 bits per heavy atom. The van der Waals surface area contributed by atoms with Gasteiger partial charge in [0.15, 0.2) is 10.8 Å². The van der Waals surface area contributed by atoms with Crippen LogP contribution in [0.15, 0.2) is 42.5 Å². The zero-order chi connectivity index (χ0) is 13.7. The van der Waals surface area contributed by atoms with Crippen molar-refractivity contribution >= 4 is 17.5 Å². The number of benzene rings is 1. The van der Waals surface area contributed by atoms with Crippen molar-refractivity contribution in [2.24, 2.45) is 0 Å². The standard InChI is InChI=1S/C13H12ClN3O2/c14-12-7-6-10(16-17-12)13(19)15-11(8-18)9-4-2-1-3-5-9/h1-7,11,18H,8H2,(H,15,19). The molecule has 1 aromatic carbocycles. The second-order valence-electron chi connectivity index (χ2n) is 3.86. The molecule has 0 radical (unpaired) electrons. The van der Waals surface area contributed by atoms with E-state index in [-0.39, 0.29) is 17.5 Å². The van der Waals surface area contributed by atoms with Gasteiger partial charge in [-0.15, -0.1) is 10.2 Å². The predicted octanol–water partition coefficient (Wildman–Crippen LogP) is 1.59. The van der Waals surface area contributed by atoms with Gasteiger partial charge in [0.05, 0.1) is 12.6 Å². The van der Waals surface area contributed by atoms with Crippen LogP contribution in [0, 0.1) is 0 Å². The maximum absolute atomic E-state index is 11.9. The molecule has 2 rings (SSSR count). The molecule has 0 fully saturated rings. The number of nitrogens with zero attached hydrogens (tertiary/aromatic N) is 2. The van der Waals surface area contributed by atoms with Crippen molar-refractivity contribution in [1.29, 1.82) is 0 Å². The molecule has 2 aromatic rings. The van der Waals surface area contributed by atoms with E-state index in [0.717, 1.165) is 5.56 Å². The summed E-state index contributed by atoms with van der Waals surface area (Å²) in [7, 11) is 0. The van der Waals surface area contributed by atoms with Crippen LogP contribution in [0.2, 0.25) is 5.15 Å². The number of aromatic nitrogens is 2. The number of rotatable bonds is 4. The van der Waals surface area contributed by atoms with Crippen molar-refractivity contribution < 1.29 is 9.90 Å². The van der Waals surface area contributed by atoms with Gasteiger partial charge in [0.2, 0.25) is 0 Å². The first-order valence-electron chi connectivity index (χ1n) is 5.66. The summed E-state index contributed by atoms with van der Waals surface area (Å²) in [5.41, 5.74) is 0.971. The highest BCUT2D eigenvalue weighted by Gasteiger charge is 2.15. The number of aliphatic hydroxyl groups is 1. The minimum Gasteiger partial charge on any atom is -0.394 e.